The molecule has 0 saturated carbocycles. The van der Waals surface area contributed by atoms with E-state index in [1.165, 1.54) is 0 Å². The van der Waals surface area contributed by atoms with Gasteiger partial charge in [0.05, 0.1) is 0 Å². The van der Waals surface area contributed by atoms with Gasteiger partial charge in [0.15, 0.2) is 0 Å². The van der Waals surface area contributed by atoms with Gasteiger partial charge in [-0.05, 0) is 60.9 Å². The first-order valence-corrected chi connectivity index (χ1v) is 10.00. The molecule has 1 aromatic heterocycles. The summed E-state index contributed by atoms with van der Waals surface area (Å²) >= 11 is 0. The third kappa shape index (κ3) is 5.17. The van der Waals surface area contributed by atoms with Crippen molar-refractivity contribution >= 4 is 11.6 Å². The van der Waals surface area contributed by atoms with Crippen LogP contribution in [0.25, 0.3) is 0 Å². The molecule has 0 radical (unpaired) electrons. The number of nitrogens with zero attached hydrogens (tertiary/aromatic N) is 3. The zero-order chi connectivity index (χ0) is 21.7. The molecule has 0 aliphatic carbocycles. The maximum absolute atomic E-state index is 13.0. The predicted molar refractivity (Wildman–Crippen MR) is 121 cm³/mol. The standard InChI is InChI=1S/C25H29N3O2/c1-18-13-22(14-19(2)24(18)30-17-21-7-6-12-26-15-21)25(29)28(5)16-20-8-10-23(11-9-20)27(3)4/h6-15H,16-17H2,1-5H3. The molecule has 3 rings (SSSR count). The van der Waals surface area contributed by atoms with E-state index in [9.17, 15) is 4.79 Å². The summed E-state index contributed by atoms with van der Waals surface area (Å²) in [5.41, 5.74) is 5.82. The van der Waals surface area contributed by atoms with Gasteiger partial charge >= 0.3 is 0 Å². The number of hydrogen-bond acceptors (Lipinski definition) is 4. The van der Waals surface area contributed by atoms with Crippen molar-refractivity contribution in [3.63, 3.8) is 0 Å². The van der Waals surface area contributed by atoms with Gasteiger partial charge in [-0.1, -0.05) is 18.2 Å². The Balaban J connectivity index is 1.69. The van der Waals surface area contributed by atoms with E-state index in [-0.39, 0.29) is 5.91 Å². The Labute approximate surface area is 178 Å². The fourth-order valence-electron chi connectivity index (χ4n) is 3.41. The number of rotatable bonds is 7. The van der Waals surface area contributed by atoms with Crippen molar-refractivity contribution in [2.45, 2.75) is 27.0 Å². The minimum Gasteiger partial charge on any atom is -0.488 e. The van der Waals surface area contributed by atoms with Crippen molar-refractivity contribution in [3.05, 3.63) is 88.7 Å². The quantitative estimate of drug-likeness (QED) is 0.578. The van der Waals surface area contributed by atoms with Gasteiger partial charge in [0.25, 0.3) is 5.91 Å². The zero-order valence-corrected chi connectivity index (χ0v) is 18.3. The Kier molecular flexibility index (Phi) is 6.72. The van der Waals surface area contributed by atoms with Gasteiger partial charge in [-0.15, -0.1) is 0 Å². The summed E-state index contributed by atoms with van der Waals surface area (Å²) in [7, 11) is 5.86. The van der Waals surface area contributed by atoms with Crippen molar-refractivity contribution in [1.82, 2.24) is 9.88 Å². The van der Waals surface area contributed by atoms with E-state index in [2.05, 4.69) is 34.1 Å². The number of amides is 1. The van der Waals surface area contributed by atoms with Gasteiger partial charge in [0.1, 0.15) is 12.4 Å². The molecule has 3 aromatic rings. The van der Waals surface area contributed by atoms with E-state index >= 15 is 0 Å². The number of carbonyl (C=O) groups excluding carboxylic acids is 1. The molecule has 0 atom stereocenters. The summed E-state index contributed by atoms with van der Waals surface area (Å²) in [6, 6.07) is 15.9. The van der Waals surface area contributed by atoms with E-state index in [1.54, 1.807) is 17.3 Å². The number of anilines is 1. The molecule has 2 aromatic carbocycles. The molecule has 0 aliphatic heterocycles. The van der Waals surface area contributed by atoms with Crippen LogP contribution in [-0.2, 0) is 13.2 Å². The lowest BCUT2D eigenvalue weighted by Crippen LogP contribution is -2.26. The lowest BCUT2D eigenvalue weighted by Gasteiger charge is -2.20. The Morgan fingerprint density at radius 1 is 0.967 bits per heavy atom. The highest BCUT2D eigenvalue weighted by atomic mass is 16.5. The number of ether oxygens (including phenoxy) is 1. The Bertz CT molecular complexity index is 976. The molecule has 0 fully saturated rings. The van der Waals surface area contributed by atoms with Crippen molar-refractivity contribution < 1.29 is 9.53 Å². The number of aryl methyl sites for hydroxylation is 2. The van der Waals surface area contributed by atoms with Crippen molar-refractivity contribution in [3.8, 4) is 5.75 Å². The summed E-state index contributed by atoms with van der Waals surface area (Å²) in [6.07, 6.45) is 3.54. The molecule has 1 amide bonds. The SMILES string of the molecule is Cc1cc(C(=O)N(C)Cc2ccc(N(C)C)cc2)cc(C)c1OCc1cccnc1. The minimum atomic E-state index is -0.00306. The Hall–Kier alpha value is -3.34. The average Bonchev–Trinajstić information content (AvgIpc) is 2.73. The van der Waals surface area contributed by atoms with Crippen LogP contribution in [-0.4, -0.2) is 36.9 Å². The van der Waals surface area contributed by atoms with Crippen LogP contribution in [0.15, 0.2) is 60.9 Å². The largest absolute Gasteiger partial charge is 0.488 e. The summed E-state index contributed by atoms with van der Waals surface area (Å²) < 4.78 is 6.01. The highest BCUT2D eigenvalue weighted by molar-refractivity contribution is 5.94. The molecule has 0 bridgehead atoms. The molecule has 5 heteroatoms. The summed E-state index contributed by atoms with van der Waals surface area (Å²) in [5, 5.41) is 0. The fourth-order valence-corrected chi connectivity index (χ4v) is 3.41. The smallest absolute Gasteiger partial charge is 0.253 e. The van der Waals surface area contributed by atoms with Crippen LogP contribution in [0, 0.1) is 13.8 Å². The molecule has 156 valence electrons. The molecule has 0 saturated heterocycles. The highest BCUT2D eigenvalue weighted by Gasteiger charge is 2.16. The van der Waals surface area contributed by atoms with Gasteiger partial charge in [-0.25, -0.2) is 0 Å². The van der Waals surface area contributed by atoms with Crippen LogP contribution in [0.3, 0.4) is 0 Å². The zero-order valence-electron chi connectivity index (χ0n) is 18.3. The van der Waals surface area contributed by atoms with E-state index in [0.717, 1.165) is 33.7 Å². The Morgan fingerprint density at radius 2 is 1.63 bits per heavy atom. The first-order valence-electron chi connectivity index (χ1n) is 10.00. The normalized spacial score (nSPS) is 10.6. The first kappa shape index (κ1) is 21.4. The van der Waals surface area contributed by atoms with E-state index in [0.29, 0.717) is 18.7 Å². The van der Waals surface area contributed by atoms with E-state index in [4.69, 9.17) is 4.74 Å². The van der Waals surface area contributed by atoms with Crippen LogP contribution in [0.1, 0.15) is 32.6 Å². The number of hydrogen-bond donors (Lipinski definition) is 0. The van der Waals surface area contributed by atoms with Crippen molar-refractivity contribution in [1.29, 1.82) is 0 Å². The van der Waals surface area contributed by atoms with E-state index < -0.39 is 0 Å². The van der Waals surface area contributed by atoms with Gasteiger partial charge in [-0.3, -0.25) is 9.78 Å². The molecular weight excluding hydrogens is 374 g/mol. The second-order valence-electron chi connectivity index (χ2n) is 7.81. The Morgan fingerprint density at radius 3 is 2.20 bits per heavy atom. The third-order valence-corrected chi connectivity index (χ3v) is 5.03. The van der Waals surface area contributed by atoms with Crippen LogP contribution in [0.4, 0.5) is 5.69 Å². The molecule has 0 spiro atoms. The van der Waals surface area contributed by atoms with Crippen LogP contribution < -0.4 is 9.64 Å². The fraction of sp³-hybridized carbons (Fsp3) is 0.280. The van der Waals surface area contributed by atoms with Gasteiger partial charge < -0.3 is 14.5 Å². The number of aromatic nitrogens is 1. The van der Waals surface area contributed by atoms with Gasteiger partial charge in [-0.2, -0.15) is 0 Å². The molecule has 5 nitrogen and oxygen atoms in total. The first-order chi connectivity index (χ1) is 14.3. The second-order valence-corrected chi connectivity index (χ2v) is 7.81. The number of benzene rings is 2. The molecule has 0 N–H and O–H groups in total. The minimum absolute atomic E-state index is 0.00306. The highest BCUT2D eigenvalue weighted by Crippen LogP contribution is 2.26. The topological polar surface area (TPSA) is 45.7 Å². The molecule has 30 heavy (non-hydrogen) atoms. The van der Waals surface area contributed by atoms with E-state index in [1.807, 2.05) is 59.3 Å². The second kappa shape index (κ2) is 9.44. The molecule has 1 heterocycles. The summed E-state index contributed by atoms with van der Waals surface area (Å²) in [6.45, 7) is 4.96. The molecular formula is C25H29N3O2. The van der Waals surface area contributed by atoms with Crippen LogP contribution in [0.5, 0.6) is 5.75 Å². The lowest BCUT2D eigenvalue weighted by molar-refractivity contribution is 0.0785. The van der Waals surface area contributed by atoms with Gasteiger partial charge in [0.2, 0.25) is 0 Å². The molecule has 0 aliphatic rings. The number of pyridine rings is 1. The maximum atomic E-state index is 13.0. The predicted octanol–water partition coefficient (Wildman–Crippen LogP) is 4.62. The lowest BCUT2D eigenvalue weighted by atomic mass is 10.0. The van der Waals surface area contributed by atoms with Crippen LogP contribution in [0.2, 0.25) is 0 Å². The summed E-state index contributed by atoms with van der Waals surface area (Å²) in [5.74, 6) is 0.814. The monoisotopic (exact) mass is 403 g/mol. The number of carbonyl (C=O) groups is 1. The van der Waals surface area contributed by atoms with Crippen molar-refractivity contribution in [2.24, 2.45) is 0 Å². The maximum Gasteiger partial charge on any atom is 0.253 e. The average molecular weight is 404 g/mol. The summed E-state index contributed by atoms with van der Waals surface area (Å²) in [4.78, 5) is 20.9. The third-order valence-electron chi connectivity index (χ3n) is 5.03. The molecule has 0 unspecified atom stereocenters. The van der Waals surface area contributed by atoms with Gasteiger partial charge in [0, 0.05) is 56.9 Å². The van der Waals surface area contributed by atoms with Crippen molar-refractivity contribution in [2.75, 3.05) is 26.0 Å². The van der Waals surface area contributed by atoms with Crippen LogP contribution >= 0.6 is 0 Å².